The highest BCUT2D eigenvalue weighted by molar-refractivity contribution is 5.26. The second-order valence-corrected chi connectivity index (χ2v) is 5.16. The fourth-order valence-electron chi connectivity index (χ4n) is 2.75. The summed E-state index contributed by atoms with van der Waals surface area (Å²) in [6, 6.07) is 0. The molecule has 0 atom stereocenters. The van der Waals surface area contributed by atoms with E-state index in [1.807, 2.05) is 12.4 Å². The summed E-state index contributed by atoms with van der Waals surface area (Å²) in [4.78, 5) is 4.35. The van der Waals surface area contributed by atoms with E-state index in [-0.39, 0.29) is 0 Å². The second-order valence-electron chi connectivity index (χ2n) is 5.16. The van der Waals surface area contributed by atoms with Crippen LogP contribution < -0.4 is 11.1 Å². The molecule has 96 valence electrons. The van der Waals surface area contributed by atoms with Crippen molar-refractivity contribution in [3.8, 4) is 0 Å². The van der Waals surface area contributed by atoms with Crippen LogP contribution in [0.25, 0.3) is 0 Å². The zero-order valence-corrected chi connectivity index (χ0v) is 10.8. The van der Waals surface area contributed by atoms with Crippen LogP contribution in [0.1, 0.15) is 39.0 Å². The first-order valence-corrected chi connectivity index (χ1v) is 6.75. The topological polar surface area (TPSA) is 55.9 Å². The van der Waals surface area contributed by atoms with E-state index in [1.54, 1.807) is 0 Å². The first-order chi connectivity index (χ1) is 8.29. The molecule has 0 spiro atoms. The Morgan fingerprint density at radius 2 is 2.18 bits per heavy atom. The molecule has 0 saturated heterocycles. The van der Waals surface area contributed by atoms with Crippen LogP contribution in [0, 0.1) is 5.41 Å². The molecule has 1 saturated carbocycles. The van der Waals surface area contributed by atoms with Crippen LogP contribution in [-0.4, -0.2) is 22.6 Å². The van der Waals surface area contributed by atoms with Crippen molar-refractivity contribution in [1.82, 2.24) is 9.55 Å². The van der Waals surface area contributed by atoms with Crippen molar-refractivity contribution in [1.29, 1.82) is 0 Å². The van der Waals surface area contributed by atoms with E-state index in [1.165, 1.54) is 32.1 Å². The van der Waals surface area contributed by atoms with Crippen molar-refractivity contribution in [3.63, 3.8) is 0 Å². The van der Waals surface area contributed by atoms with Gasteiger partial charge in [-0.1, -0.05) is 19.3 Å². The van der Waals surface area contributed by atoms with Crippen molar-refractivity contribution >= 4 is 5.95 Å². The Hall–Kier alpha value is -1.03. The van der Waals surface area contributed by atoms with Gasteiger partial charge in [0.05, 0.1) is 0 Å². The number of nitrogens with two attached hydrogens (primary N) is 1. The highest BCUT2D eigenvalue weighted by Gasteiger charge is 2.30. The molecule has 1 aliphatic carbocycles. The number of hydrogen-bond donors (Lipinski definition) is 2. The second kappa shape index (κ2) is 5.54. The molecule has 1 aromatic rings. The average Bonchev–Trinajstić information content (AvgIpc) is 2.85. The zero-order chi connectivity index (χ0) is 12.1. The summed E-state index contributed by atoms with van der Waals surface area (Å²) in [6.07, 6.45) is 10.4. The number of anilines is 1. The van der Waals surface area contributed by atoms with E-state index in [9.17, 15) is 0 Å². The molecule has 4 nitrogen and oxygen atoms in total. The van der Waals surface area contributed by atoms with Crippen LogP contribution in [0.3, 0.4) is 0 Å². The SMILES string of the molecule is CCn1ccnc1NCC1(CN)CCCCC1. The lowest BCUT2D eigenvalue weighted by Crippen LogP contribution is -2.39. The van der Waals surface area contributed by atoms with Gasteiger partial charge in [-0.2, -0.15) is 0 Å². The molecule has 2 rings (SSSR count). The van der Waals surface area contributed by atoms with Gasteiger partial charge in [0.1, 0.15) is 0 Å². The Kier molecular flexibility index (Phi) is 4.05. The molecule has 0 aromatic carbocycles. The Balaban J connectivity index is 1.95. The summed E-state index contributed by atoms with van der Waals surface area (Å²) >= 11 is 0. The van der Waals surface area contributed by atoms with Crippen LogP contribution in [-0.2, 0) is 6.54 Å². The molecule has 0 amide bonds. The standard InChI is InChI=1S/C13H24N4/c1-2-17-9-8-15-12(17)16-11-13(10-14)6-4-3-5-7-13/h8-9H,2-7,10-11,14H2,1H3,(H,15,16). The molecule has 4 heteroatoms. The van der Waals surface area contributed by atoms with Crippen LogP contribution in [0.4, 0.5) is 5.95 Å². The van der Waals surface area contributed by atoms with Gasteiger partial charge in [0.25, 0.3) is 0 Å². The Morgan fingerprint density at radius 3 is 2.82 bits per heavy atom. The van der Waals surface area contributed by atoms with Crippen molar-refractivity contribution in [3.05, 3.63) is 12.4 Å². The van der Waals surface area contributed by atoms with Crippen molar-refractivity contribution in [2.45, 2.75) is 45.6 Å². The average molecular weight is 236 g/mol. The number of hydrogen-bond acceptors (Lipinski definition) is 3. The minimum Gasteiger partial charge on any atom is -0.355 e. The number of nitrogens with zero attached hydrogens (tertiary/aromatic N) is 2. The van der Waals surface area contributed by atoms with E-state index >= 15 is 0 Å². The van der Waals surface area contributed by atoms with Crippen LogP contribution in [0.15, 0.2) is 12.4 Å². The highest BCUT2D eigenvalue weighted by Crippen LogP contribution is 2.35. The minimum absolute atomic E-state index is 0.294. The van der Waals surface area contributed by atoms with Crippen molar-refractivity contribution in [2.75, 3.05) is 18.4 Å². The van der Waals surface area contributed by atoms with E-state index in [0.29, 0.717) is 5.41 Å². The van der Waals surface area contributed by atoms with E-state index in [4.69, 9.17) is 5.73 Å². The van der Waals surface area contributed by atoms with Crippen LogP contribution >= 0.6 is 0 Å². The molecule has 0 aliphatic heterocycles. The molecule has 3 N–H and O–H groups in total. The van der Waals surface area contributed by atoms with Gasteiger partial charge in [-0.3, -0.25) is 0 Å². The fourth-order valence-corrected chi connectivity index (χ4v) is 2.75. The first kappa shape index (κ1) is 12.4. The maximum absolute atomic E-state index is 5.98. The molecule has 1 aliphatic rings. The number of imidazole rings is 1. The molecular formula is C13H24N4. The molecule has 0 unspecified atom stereocenters. The highest BCUT2D eigenvalue weighted by atomic mass is 15.2. The maximum atomic E-state index is 5.98. The normalized spacial score (nSPS) is 19.2. The number of nitrogens with one attached hydrogen (secondary N) is 1. The lowest BCUT2D eigenvalue weighted by atomic mass is 9.74. The summed E-state index contributed by atoms with van der Waals surface area (Å²) in [7, 11) is 0. The van der Waals surface area contributed by atoms with Crippen LogP contribution in [0.2, 0.25) is 0 Å². The predicted molar refractivity (Wildman–Crippen MR) is 71.0 cm³/mol. The molecule has 1 fully saturated rings. The number of rotatable bonds is 5. The van der Waals surface area contributed by atoms with Gasteiger partial charge < -0.3 is 15.6 Å². The smallest absolute Gasteiger partial charge is 0.202 e. The zero-order valence-electron chi connectivity index (χ0n) is 10.8. The monoisotopic (exact) mass is 236 g/mol. The van der Waals surface area contributed by atoms with Crippen molar-refractivity contribution < 1.29 is 0 Å². The summed E-state index contributed by atoms with van der Waals surface area (Å²) in [5.74, 6) is 0.978. The number of aromatic nitrogens is 2. The summed E-state index contributed by atoms with van der Waals surface area (Å²) in [6.45, 7) is 4.83. The first-order valence-electron chi connectivity index (χ1n) is 6.75. The van der Waals surface area contributed by atoms with Gasteiger partial charge in [0.15, 0.2) is 0 Å². The van der Waals surface area contributed by atoms with Crippen LogP contribution in [0.5, 0.6) is 0 Å². The Morgan fingerprint density at radius 1 is 1.41 bits per heavy atom. The quantitative estimate of drug-likeness (QED) is 0.824. The lowest BCUT2D eigenvalue weighted by molar-refractivity contribution is 0.215. The van der Waals surface area contributed by atoms with Gasteiger partial charge in [0.2, 0.25) is 5.95 Å². The van der Waals surface area contributed by atoms with Crippen molar-refractivity contribution in [2.24, 2.45) is 11.1 Å². The molecule has 0 bridgehead atoms. The minimum atomic E-state index is 0.294. The largest absolute Gasteiger partial charge is 0.355 e. The number of aryl methyl sites for hydroxylation is 1. The lowest BCUT2D eigenvalue weighted by Gasteiger charge is -2.36. The maximum Gasteiger partial charge on any atom is 0.202 e. The van der Waals surface area contributed by atoms with E-state index in [0.717, 1.165) is 25.6 Å². The molecule has 17 heavy (non-hydrogen) atoms. The van der Waals surface area contributed by atoms with Gasteiger partial charge in [-0.05, 0) is 31.7 Å². The van der Waals surface area contributed by atoms with Gasteiger partial charge in [-0.25, -0.2) is 4.98 Å². The van der Waals surface area contributed by atoms with E-state index < -0.39 is 0 Å². The third-order valence-electron chi connectivity index (χ3n) is 4.02. The Labute approximate surface area is 104 Å². The van der Waals surface area contributed by atoms with Gasteiger partial charge in [-0.15, -0.1) is 0 Å². The third-order valence-corrected chi connectivity index (χ3v) is 4.02. The van der Waals surface area contributed by atoms with E-state index in [2.05, 4.69) is 21.8 Å². The summed E-state index contributed by atoms with van der Waals surface area (Å²) in [5.41, 5.74) is 6.28. The molecule has 0 radical (unpaired) electrons. The van der Waals surface area contributed by atoms with Gasteiger partial charge in [0, 0.05) is 25.5 Å². The molecule has 1 aromatic heterocycles. The fraction of sp³-hybridized carbons (Fsp3) is 0.769. The summed E-state index contributed by atoms with van der Waals surface area (Å²) < 4.78 is 2.13. The summed E-state index contributed by atoms with van der Waals surface area (Å²) in [5, 5.41) is 3.48. The van der Waals surface area contributed by atoms with Gasteiger partial charge >= 0.3 is 0 Å². The third kappa shape index (κ3) is 2.80. The predicted octanol–water partition coefficient (Wildman–Crippen LogP) is 2.22. The molecular weight excluding hydrogens is 212 g/mol. The Bertz CT molecular complexity index is 339. The molecule has 1 heterocycles.